The summed E-state index contributed by atoms with van der Waals surface area (Å²) in [6.07, 6.45) is 0. The normalized spacial score (nSPS) is 10.2. The number of rotatable bonds is 2. The van der Waals surface area contributed by atoms with E-state index in [1.165, 1.54) is 10.8 Å². The number of halogens is 1. The average molecular weight is 323 g/mol. The molecule has 0 saturated heterocycles. The smallest absolute Gasteiger partial charge is 0.0991 e. The lowest BCUT2D eigenvalue weighted by Crippen LogP contribution is -1.90. The summed E-state index contributed by atoms with van der Waals surface area (Å²) < 4.78 is 1.08. The summed E-state index contributed by atoms with van der Waals surface area (Å²) in [6, 6.07) is 22.0. The van der Waals surface area contributed by atoms with Crippen LogP contribution in [0.5, 0.6) is 0 Å². The summed E-state index contributed by atoms with van der Waals surface area (Å²) in [7, 11) is 0. The largest absolute Gasteiger partial charge is 0.356 e. The number of hydrogen-bond donors (Lipinski definition) is 1. The maximum Gasteiger partial charge on any atom is 0.0991 e. The Morgan fingerprint density at radius 1 is 0.800 bits per heavy atom. The van der Waals surface area contributed by atoms with Gasteiger partial charge in [-0.2, -0.15) is 5.26 Å². The second kappa shape index (κ2) is 5.36. The molecule has 0 aliphatic heterocycles. The van der Waals surface area contributed by atoms with Crippen molar-refractivity contribution in [3.63, 3.8) is 0 Å². The van der Waals surface area contributed by atoms with Gasteiger partial charge in [0.2, 0.25) is 0 Å². The van der Waals surface area contributed by atoms with Gasteiger partial charge in [0.25, 0.3) is 0 Å². The highest BCUT2D eigenvalue weighted by Crippen LogP contribution is 2.25. The van der Waals surface area contributed by atoms with E-state index in [0.717, 1.165) is 15.8 Å². The first-order chi connectivity index (χ1) is 9.74. The van der Waals surface area contributed by atoms with Gasteiger partial charge < -0.3 is 5.32 Å². The second-order valence-electron chi connectivity index (χ2n) is 4.52. The number of nitrogens with zero attached hydrogens (tertiary/aromatic N) is 1. The third kappa shape index (κ3) is 2.66. The van der Waals surface area contributed by atoms with Gasteiger partial charge in [0.05, 0.1) is 11.6 Å². The number of nitrogens with one attached hydrogen (secondary N) is 1. The molecule has 0 bridgehead atoms. The molecule has 2 nitrogen and oxygen atoms in total. The molecule has 3 rings (SSSR count). The van der Waals surface area contributed by atoms with Crippen molar-refractivity contribution in [2.45, 2.75) is 0 Å². The predicted octanol–water partition coefficient (Wildman–Crippen LogP) is 5.22. The van der Waals surface area contributed by atoms with E-state index in [9.17, 15) is 0 Å². The third-order valence-corrected chi connectivity index (χ3v) is 3.60. The van der Waals surface area contributed by atoms with Crippen LogP contribution >= 0.6 is 15.9 Å². The monoisotopic (exact) mass is 322 g/mol. The molecule has 0 aromatic heterocycles. The van der Waals surface area contributed by atoms with Gasteiger partial charge >= 0.3 is 0 Å². The maximum absolute atomic E-state index is 8.78. The first-order valence-corrected chi connectivity index (χ1v) is 7.00. The predicted molar refractivity (Wildman–Crippen MR) is 86.1 cm³/mol. The molecule has 0 spiro atoms. The first kappa shape index (κ1) is 12.7. The summed E-state index contributed by atoms with van der Waals surface area (Å²) in [6.45, 7) is 0. The summed E-state index contributed by atoms with van der Waals surface area (Å²) in [5, 5.41) is 14.5. The summed E-state index contributed by atoms with van der Waals surface area (Å²) in [4.78, 5) is 0. The van der Waals surface area contributed by atoms with E-state index < -0.39 is 0 Å². The van der Waals surface area contributed by atoms with Gasteiger partial charge in [-0.1, -0.05) is 28.1 Å². The molecule has 1 N–H and O–H groups in total. The van der Waals surface area contributed by atoms with Crippen molar-refractivity contribution in [3.05, 3.63) is 70.7 Å². The summed E-state index contributed by atoms with van der Waals surface area (Å²) in [5.74, 6) is 0. The van der Waals surface area contributed by atoms with Gasteiger partial charge in [0.15, 0.2) is 0 Å². The number of hydrogen-bond acceptors (Lipinski definition) is 2. The summed E-state index contributed by atoms with van der Waals surface area (Å²) in [5.41, 5.74) is 2.67. The van der Waals surface area contributed by atoms with Crippen molar-refractivity contribution in [2.24, 2.45) is 0 Å². The third-order valence-electron chi connectivity index (χ3n) is 3.10. The molecule has 0 atom stereocenters. The molecule has 20 heavy (non-hydrogen) atoms. The lowest BCUT2D eigenvalue weighted by atomic mass is 10.1. The zero-order chi connectivity index (χ0) is 13.9. The Morgan fingerprint density at radius 2 is 1.45 bits per heavy atom. The molecule has 3 heteroatoms. The number of fused-ring (bicyclic) bond motifs is 1. The molecule has 0 amide bonds. The van der Waals surface area contributed by atoms with Crippen LogP contribution in [-0.4, -0.2) is 0 Å². The molecule has 0 aliphatic carbocycles. The van der Waals surface area contributed by atoms with Gasteiger partial charge in [0, 0.05) is 15.8 Å². The van der Waals surface area contributed by atoms with Crippen LogP contribution < -0.4 is 5.32 Å². The Kier molecular flexibility index (Phi) is 3.41. The molecule has 3 aromatic carbocycles. The minimum absolute atomic E-state index is 0.666. The molecule has 0 saturated carbocycles. The minimum Gasteiger partial charge on any atom is -0.356 e. The van der Waals surface area contributed by atoms with E-state index in [1.54, 1.807) is 12.1 Å². The Hall–Kier alpha value is -2.31. The van der Waals surface area contributed by atoms with Crippen LogP contribution in [0.3, 0.4) is 0 Å². The number of nitriles is 1. The average Bonchev–Trinajstić information content (AvgIpc) is 2.48. The minimum atomic E-state index is 0.666. The molecule has 0 fully saturated rings. The highest BCUT2D eigenvalue weighted by Gasteiger charge is 1.99. The quantitative estimate of drug-likeness (QED) is 0.702. The molecule has 0 unspecified atom stereocenters. The second-order valence-corrected chi connectivity index (χ2v) is 5.44. The Balaban J connectivity index is 1.90. The molecule has 3 aromatic rings. The van der Waals surface area contributed by atoms with Gasteiger partial charge in [-0.05, 0) is 59.3 Å². The highest BCUT2D eigenvalue weighted by atomic mass is 79.9. The zero-order valence-corrected chi connectivity index (χ0v) is 12.2. The van der Waals surface area contributed by atoms with Gasteiger partial charge in [-0.15, -0.1) is 0 Å². The van der Waals surface area contributed by atoms with Crippen molar-refractivity contribution < 1.29 is 0 Å². The number of anilines is 2. The van der Waals surface area contributed by atoms with Crippen molar-refractivity contribution >= 4 is 38.1 Å². The van der Waals surface area contributed by atoms with Crippen molar-refractivity contribution in [2.75, 3.05) is 5.32 Å². The van der Waals surface area contributed by atoms with Crippen molar-refractivity contribution in [1.82, 2.24) is 0 Å². The lowest BCUT2D eigenvalue weighted by molar-refractivity contribution is 1.48. The van der Waals surface area contributed by atoms with E-state index >= 15 is 0 Å². The maximum atomic E-state index is 8.78. The molecular formula is C17H11BrN2. The van der Waals surface area contributed by atoms with Crippen LogP contribution in [0.2, 0.25) is 0 Å². The fourth-order valence-corrected chi connectivity index (χ4v) is 2.47. The topological polar surface area (TPSA) is 35.8 Å². The van der Waals surface area contributed by atoms with Gasteiger partial charge in [-0.25, -0.2) is 0 Å². The fraction of sp³-hybridized carbons (Fsp3) is 0. The van der Waals surface area contributed by atoms with E-state index in [-0.39, 0.29) is 0 Å². The Morgan fingerprint density at radius 3 is 2.20 bits per heavy atom. The Bertz CT molecular complexity index is 801. The summed E-state index contributed by atoms with van der Waals surface area (Å²) >= 11 is 3.48. The van der Waals surface area contributed by atoms with E-state index in [2.05, 4.69) is 51.6 Å². The Labute approximate surface area is 125 Å². The molecular weight excluding hydrogens is 312 g/mol. The van der Waals surface area contributed by atoms with Crippen LogP contribution in [0, 0.1) is 11.3 Å². The first-order valence-electron chi connectivity index (χ1n) is 6.21. The van der Waals surface area contributed by atoms with Crippen molar-refractivity contribution in [1.29, 1.82) is 5.26 Å². The van der Waals surface area contributed by atoms with Crippen LogP contribution in [0.25, 0.3) is 10.8 Å². The lowest BCUT2D eigenvalue weighted by Gasteiger charge is -2.08. The van der Waals surface area contributed by atoms with Gasteiger partial charge in [0.1, 0.15) is 0 Å². The van der Waals surface area contributed by atoms with Crippen LogP contribution in [0.4, 0.5) is 11.4 Å². The molecule has 0 aliphatic rings. The molecule has 0 heterocycles. The molecule has 96 valence electrons. The van der Waals surface area contributed by atoms with Crippen LogP contribution in [0.1, 0.15) is 5.56 Å². The van der Waals surface area contributed by atoms with Gasteiger partial charge in [-0.3, -0.25) is 0 Å². The van der Waals surface area contributed by atoms with E-state index in [0.29, 0.717) is 5.56 Å². The van der Waals surface area contributed by atoms with Crippen molar-refractivity contribution in [3.8, 4) is 6.07 Å². The van der Waals surface area contributed by atoms with E-state index in [4.69, 9.17) is 5.26 Å². The SMILES string of the molecule is N#Cc1ccc(Nc2ccc3cc(Br)ccc3c2)cc1. The zero-order valence-electron chi connectivity index (χ0n) is 10.6. The fourth-order valence-electron chi connectivity index (χ4n) is 2.09. The van der Waals surface area contributed by atoms with Crippen LogP contribution in [-0.2, 0) is 0 Å². The number of benzene rings is 3. The highest BCUT2D eigenvalue weighted by molar-refractivity contribution is 9.10. The standard InChI is InChI=1S/C17H11BrN2/c18-15-5-3-14-10-17(8-4-13(14)9-15)20-16-6-1-12(11-19)2-7-16/h1-10,20H. The molecule has 0 radical (unpaired) electrons. The van der Waals surface area contributed by atoms with E-state index in [1.807, 2.05) is 24.3 Å². The van der Waals surface area contributed by atoms with Crippen LogP contribution in [0.15, 0.2) is 65.1 Å².